The third-order valence-electron chi connectivity index (χ3n) is 1.56. The topological polar surface area (TPSA) is 37.3 Å². The molecule has 0 unspecified atom stereocenters. The number of aliphatic carboxylic acids is 1. The molecule has 0 heterocycles. The van der Waals surface area contributed by atoms with Crippen LogP contribution in [0.4, 0.5) is 0 Å². The molecule has 0 amide bonds. The van der Waals surface area contributed by atoms with Crippen LogP contribution in [0.3, 0.4) is 0 Å². The molecule has 0 radical (unpaired) electrons. The highest BCUT2D eigenvalue weighted by Gasteiger charge is 1.93. The molecule has 0 aromatic heterocycles. The van der Waals surface area contributed by atoms with Crippen molar-refractivity contribution >= 4 is 12.0 Å². The maximum Gasteiger partial charge on any atom is 0.335 e. The van der Waals surface area contributed by atoms with Crippen molar-refractivity contribution in [2.45, 2.75) is 0 Å². The Morgan fingerprint density at radius 1 is 1.20 bits per heavy atom. The van der Waals surface area contributed by atoms with Crippen molar-refractivity contribution in [2.75, 3.05) is 0 Å². The molecule has 0 saturated heterocycles. The summed E-state index contributed by atoms with van der Waals surface area (Å²) in [7, 11) is 0. The standard InChI is InChI=1S/C8H8.C5H6O2/c1-2-8-6-4-3-5-7-8;1-3-4(2)5(6)7/h2-7H,1H2;3H,1-2H2,(H,6,7). The van der Waals surface area contributed by atoms with Gasteiger partial charge < -0.3 is 5.11 Å². The van der Waals surface area contributed by atoms with Crippen molar-refractivity contribution in [1.82, 2.24) is 0 Å². The first-order valence-electron chi connectivity index (χ1n) is 4.34. The lowest BCUT2D eigenvalue weighted by molar-refractivity contribution is -0.132. The van der Waals surface area contributed by atoms with Crippen LogP contribution in [0.1, 0.15) is 5.56 Å². The van der Waals surface area contributed by atoms with Gasteiger partial charge in [-0.05, 0) is 5.56 Å². The predicted molar refractivity (Wildman–Crippen MR) is 63.5 cm³/mol. The van der Waals surface area contributed by atoms with Crippen LogP contribution in [0.5, 0.6) is 0 Å². The number of rotatable bonds is 3. The van der Waals surface area contributed by atoms with Crippen LogP contribution >= 0.6 is 0 Å². The smallest absolute Gasteiger partial charge is 0.335 e. The van der Waals surface area contributed by atoms with Gasteiger partial charge in [0.25, 0.3) is 0 Å². The van der Waals surface area contributed by atoms with E-state index in [0.717, 1.165) is 0 Å². The van der Waals surface area contributed by atoms with Gasteiger partial charge in [0.2, 0.25) is 0 Å². The van der Waals surface area contributed by atoms with E-state index in [0.29, 0.717) is 0 Å². The van der Waals surface area contributed by atoms with E-state index in [1.807, 2.05) is 36.4 Å². The van der Waals surface area contributed by atoms with Gasteiger partial charge in [-0.15, -0.1) is 0 Å². The van der Waals surface area contributed by atoms with Gasteiger partial charge in [-0.2, -0.15) is 0 Å². The molecule has 0 saturated carbocycles. The monoisotopic (exact) mass is 202 g/mol. The third kappa shape index (κ3) is 6.05. The molecule has 2 heteroatoms. The molecule has 1 N–H and O–H groups in total. The second-order valence-electron chi connectivity index (χ2n) is 2.65. The minimum Gasteiger partial charge on any atom is -0.478 e. The maximum atomic E-state index is 9.76. The summed E-state index contributed by atoms with van der Waals surface area (Å²) in [5.74, 6) is -1.02. The van der Waals surface area contributed by atoms with Crippen LogP contribution in [0.15, 0.2) is 61.7 Å². The second-order valence-corrected chi connectivity index (χ2v) is 2.65. The van der Waals surface area contributed by atoms with E-state index in [4.69, 9.17) is 5.11 Å². The zero-order valence-electron chi connectivity index (χ0n) is 8.52. The van der Waals surface area contributed by atoms with Crippen molar-refractivity contribution in [3.8, 4) is 0 Å². The van der Waals surface area contributed by atoms with Gasteiger partial charge in [-0.25, -0.2) is 4.79 Å². The van der Waals surface area contributed by atoms with E-state index < -0.39 is 5.97 Å². The zero-order chi connectivity index (χ0) is 11.7. The number of benzene rings is 1. The van der Waals surface area contributed by atoms with E-state index in [2.05, 4.69) is 19.7 Å². The zero-order valence-corrected chi connectivity index (χ0v) is 8.52. The Morgan fingerprint density at radius 2 is 1.73 bits per heavy atom. The molecule has 1 rings (SSSR count). The Hall–Kier alpha value is -2.09. The maximum absolute atomic E-state index is 9.76. The van der Waals surface area contributed by atoms with Gasteiger partial charge in [0.15, 0.2) is 0 Å². The Bertz CT molecular complexity index is 350. The van der Waals surface area contributed by atoms with Gasteiger partial charge in [0.05, 0.1) is 5.57 Å². The minimum absolute atomic E-state index is 0.0278. The molecule has 0 bridgehead atoms. The minimum atomic E-state index is -1.02. The Morgan fingerprint density at radius 3 is 1.93 bits per heavy atom. The van der Waals surface area contributed by atoms with Gasteiger partial charge in [-0.3, -0.25) is 0 Å². The Labute approximate surface area is 89.9 Å². The summed E-state index contributed by atoms with van der Waals surface area (Å²) < 4.78 is 0. The van der Waals surface area contributed by atoms with E-state index in [1.165, 1.54) is 11.6 Å². The summed E-state index contributed by atoms with van der Waals surface area (Å²) >= 11 is 0. The molecule has 0 atom stereocenters. The highest BCUT2D eigenvalue weighted by atomic mass is 16.4. The average molecular weight is 202 g/mol. The SMILES string of the molecule is C=CC(=C)C(=O)O.C=Cc1ccccc1. The van der Waals surface area contributed by atoms with Gasteiger partial charge in [-0.1, -0.05) is 62.2 Å². The molecule has 2 nitrogen and oxygen atoms in total. The van der Waals surface area contributed by atoms with E-state index in [1.54, 1.807) is 0 Å². The molecule has 78 valence electrons. The van der Waals surface area contributed by atoms with E-state index in [9.17, 15) is 4.79 Å². The molecule has 1 aromatic rings. The van der Waals surface area contributed by atoms with Crippen LogP contribution in [-0.4, -0.2) is 11.1 Å². The average Bonchev–Trinajstić information content (AvgIpc) is 2.29. The lowest BCUT2D eigenvalue weighted by Gasteiger charge is -1.85. The van der Waals surface area contributed by atoms with Crippen molar-refractivity contribution in [3.63, 3.8) is 0 Å². The first-order chi connectivity index (χ1) is 7.11. The molecular formula is C13H14O2. The quantitative estimate of drug-likeness (QED) is 0.604. The van der Waals surface area contributed by atoms with Gasteiger partial charge >= 0.3 is 5.97 Å². The van der Waals surface area contributed by atoms with E-state index in [-0.39, 0.29) is 5.57 Å². The molecular weight excluding hydrogens is 188 g/mol. The van der Waals surface area contributed by atoms with Crippen LogP contribution in [0, 0.1) is 0 Å². The predicted octanol–water partition coefficient (Wildman–Crippen LogP) is 3.14. The van der Waals surface area contributed by atoms with Crippen LogP contribution in [0.25, 0.3) is 6.08 Å². The molecule has 15 heavy (non-hydrogen) atoms. The Kier molecular flexibility index (Phi) is 6.31. The summed E-state index contributed by atoms with van der Waals surface area (Å²) in [6.45, 7) is 9.99. The van der Waals surface area contributed by atoms with Crippen molar-refractivity contribution < 1.29 is 9.90 Å². The summed E-state index contributed by atoms with van der Waals surface area (Å²) in [6.07, 6.45) is 3.03. The summed E-state index contributed by atoms with van der Waals surface area (Å²) in [6, 6.07) is 10.0. The number of carboxylic acids is 1. The van der Waals surface area contributed by atoms with Crippen LogP contribution in [0.2, 0.25) is 0 Å². The number of carbonyl (C=O) groups is 1. The Balaban J connectivity index is 0.000000265. The highest BCUT2D eigenvalue weighted by molar-refractivity contribution is 5.88. The fourth-order valence-corrected chi connectivity index (χ4v) is 0.676. The van der Waals surface area contributed by atoms with Gasteiger partial charge in [0.1, 0.15) is 0 Å². The highest BCUT2D eigenvalue weighted by Crippen LogP contribution is 1.97. The van der Waals surface area contributed by atoms with Crippen molar-refractivity contribution in [3.05, 3.63) is 67.3 Å². The largest absolute Gasteiger partial charge is 0.478 e. The molecule has 0 fully saturated rings. The summed E-state index contributed by atoms with van der Waals surface area (Å²) in [5, 5.41) is 8.01. The van der Waals surface area contributed by atoms with Crippen LogP contribution < -0.4 is 0 Å². The van der Waals surface area contributed by atoms with Crippen LogP contribution in [-0.2, 0) is 4.79 Å². The first kappa shape index (κ1) is 12.9. The summed E-state index contributed by atoms with van der Waals surface area (Å²) in [4.78, 5) is 9.76. The van der Waals surface area contributed by atoms with Crippen molar-refractivity contribution in [2.24, 2.45) is 0 Å². The first-order valence-corrected chi connectivity index (χ1v) is 4.34. The fourth-order valence-electron chi connectivity index (χ4n) is 0.676. The van der Waals surface area contributed by atoms with Crippen molar-refractivity contribution in [1.29, 1.82) is 0 Å². The second kappa shape index (κ2) is 7.33. The number of hydrogen-bond acceptors (Lipinski definition) is 1. The summed E-state index contributed by atoms with van der Waals surface area (Å²) in [5.41, 5.74) is 1.20. The van der Waals surface area contributed by atoms with E-state index >= 15 is 0 Å². The molecule has 0 aliphatic rings. The lowest BCUT2D eigenvalue weighted by Crippen LogP contribution is -1.93. The van der Waals surface area contributed by atoms with Gasteiger partial charge in [0, 0.05) is 0 Å². The molecule has 0 aliphatic carbocycles. The molecule has 0 spiro atoms. The molecule has 1 aromatic carbocycles. The normalized spacial score (nSPS) is 8.00. The number of carboxylic acid groups (broad SMARTS) is 1. The number of hydrogen-bond donors (Lipinski definition) is 1. The lowest BCUT2D eigenvalue weighted by atomic mass is 10.2. The fraction of sp³-hybridized carbons (Fsp3) is 0. The third-order valence-corrected chi connectivity index (χ3v) is 1.56. The molecule has 0 aliphatic heterocycles.